The van der Waals surface area contributed by atoms with Crippen molar-refractivity contribution in [1.82, 2.24) is 14.9 Å². The highest BCUT2D eigenvalue weighted by Crippen LogP contribution is 2.39. The minimum atomic E-state index is -4.64. The molecule has 176 valence electrons. The van der Waals surface area contributed by atoms with Crippen LogP contribution in [0.1, 0.15) is 57.7 Å². The van der Waals surface area contributed by atoms with E-state index in [9.17, 15) is 22.8 Å². The molecule has 3 rings (SSSR count). The Kier molecular flexibility index (Phi) is 6.48. The van der Waals surface area contributed by atoms with Crippen molar-refractivity contribution in [3.8, 4) is 5.69 Å². The van der Waals surface area contributed by atoms with Gasteiger partial charge < -0.3 is 10.1 Å². The standard InChI is InChI=1S/C23H23ClF3N3O3/c1-12(33-14(3)32)15-6-8-16(9-7-15)30-20-11-18(24)17(23(25,26)27)10-19(20)28-21(30)22(4,5)29-13(2)31/h6-12H,1-5H3,(H,29,31). The molecule has 0 bridgehead atoms. The third kappa shape index (κ3) is 5.13. The molecule has 33 heavy (non-hydrogen) atoms. The SMILES string of the molecule is CC(=O)NC(C)(C)c1nc2cc(C(F)(F)F)c(Cl)cc2n1-c1ccc(C(C)OC(C)=O)cc1. The van der Waals surface area contributed by atoms with Gasteiger partial charge in [0, 0.05) is 19.5 Å². The van der Waals surface area contributed by atoms with Crippen molar-refractivity contribution >= 4 is 34.5 Å². The first-order valence-electron chi connectivity index (χ1n) is 10.1. The number of carbonyl (C=O) groups is 2. The number of amides is 1. The predicted molar refractivity (Wildman–Crippen MR) is 118 cm³/mol. The van der Waals surface area contributed by atoms with Crippen molar-refractivity contribution in [3.63, 3.8) is 0 Å². The van der Waals surface area contributed by atoms with Crippen molar-refractivity contribution in [2.75, 3.05) is 0 Å². The van der Waals surface area contributed by atoms with E-state index in [1.807, 2.05) is 0 Å². The van der Waals surface area contributed by atoms with Gasteiger partial charge >= 0.3 is 12.1 Å². The van der Waals surface area contributed by atoms with Gasteiger partial charge in [-0.1, -0.05) is 23.7 Å². The number of hydrogen-bond acceptors (Lipinski definition) is 4. The molecule has 0 aliphatic heterocycles. The molecule has 3 aromatic rings. The molecular formula is C23H23ClF3N3O3. The summed E-state index contributed by atoms with van der Waals surface area (Å²) in [6.45, 7) is 7.80. The van der Waals surface area contributed by atoms with Gasteiger partial charge in [-0.05, 0) is 50.6 Å². The number of halogens is 4. The van der Waals surface area contributed by atoms with E-state index < -0.39 is 34.4 Å². The number of carbonyl (C=O) groups excluding carboxylic acids is 2. The largest absolute Gasteiger partial charge is 0.458 e. The first kappa shape index (κ1) is 24.6. The molecule has 1 N–H and O–H groups in total. The Labute approximate surface area is 193 Å². The molecule has 0 saturated carbocycles. The van der Waals surface area contributed by atoms with Crippen LogP contribution in [0.5, 0.6) is 0 Å². The molecule has 10 heteroatoms. The summed E-state index contributed by atoms with van der Waals surface area (Å²) in [7, 11) is 0. The van der Waals surface area contributed by atoms with E-state index in [1.165, 1.54) is 19.9 Å². The number of nitrogens with zero attached hydrogens (tertiary/aromatic N) is 2. The number of esters is 1. The van der Waals surface area contributed by atoms with Crippen molar-refractivity contribution in [1.29, 1.82) is 0 Å². The van der Waals surface area contributed by atoms with Crippen molar-refractivity contribution in [2.24, 2.45) is 0 Å². The molecule has 0 aliphatic carbocycles. The lowest BCUT2D eigenvalue weighted by Gasteiger charge is -2.26. The number of nitrogens with one attached hydrogen (secondary N) is 1. The molecule has 2 aromatic carbocycles. The summed E-state index contributed by atoms with van der Waals surface area (Å²) in [5.41, 5.74) is -0.256. The van der Waals surface area contributed by atoms with Crippen molar-refractivity contribution in [2.45, 2.75) is 52.4 Å². The summed E-state index contributed by atoms with van der Waals surface area (Å²) >= 11 is 5.99. The monoisotopic (exact) mass is 481 g/mol. The maximum atomic E-state index is 13.4. The summed E-state index contributed by atoms with van der Waals surface area (Å²) in [6.07, 6.45) is -5.12. The normalized spacial score (nSPS) is 13.1. The Balaban J connectivity index is 2.23. The quantitative estimate of drug-likeness (QED) is 0.475. The highest BCUT2D eigenvalue weighted by atomic mass is 35.5. The molecule has 0 saturated heterocycles. The van der Waals surface area contributed by atoms with Gasteiger partial charge in [0.2, 0.25) is 5.91 Å². The zero-order chi connectivity index (χ0) is 24.7. The Bertz CT molecular complexity index is 1220. The topological polar surface area (TPSA) is 73.2 Å². The molecule has 1 unspecified atom stereocenters. The first-order valence-corrected chi connectivity index (χ1v) is 10.4. The van der Waals surface area contributed by atoms with Crippen LogP contribution in [0.2, 0.25) is 5.02 Å². The van der Waals surface area contributed by atoms with Crippen LogP contribution in [0.25, 0.3) is 16.7 Å². The van der Waals surface area contributed by atoms with Gasteiger partial charge in [-0.25, -0.2) is 4.98 Å². The summed E-state index contributed by atoms with van der Waals surface area (Å²) in [5, 5.41) is 2.32. The highest BCUT2D eigenvalue weighted by Gasteiger charge is 2.35. The molecule has 1 heterocycles. The number of ether oxygens (including phenoxy) is 1. The summed E-state index contributed by atoms with van der Waals surface area (Å²) < 4.78 is 47.1. The predicted octanol–water partition coefficient (Wildman–Crippen LogP) is 5.69. The molecular weight excluding hydrogens is 459 g/mol. The minimum absolute atomic E-state index is 0.0810. The average molecular weight is 482 g/mol. The summed E-state index contributed by atoms with van der Waals surface area (Å²) in [4.78, 5) is 27.5. The third-order valence-electron chi connectivity index (χ3n) is 5.06. The zero-order valence-electron chi connectivity index (χ0n) is 18.7. The van der Waals surface area contributed by atoms with Gasteiger partial charge in [0.25, 0.3) is 0 Å². The fraction of sp³-hybridized carbons (Fsp3) is 0.348. The molecule has 1 amide bonds. The highest BCUT2D eigenvalue weighted by molar-refractivity contribution is 6.32. The van der Waals surface area contributed by atoms with Crippen LogP contribution in [0, 0.1) is 0 Å². The van der Waals surface area contributed by atoms with Gasteiger partial charge in [0.15, 0.2) is 0 Å². The van der Waals surface area contributed by atoms with Crippen LogP contribution in [-0.4, -0.2) is 21.4 Å². The Morgan fingerprint density at radius 1 is 1.12 bits per heavy atom. The Morgan fingerprint density at radius 2 is 1.73 bits per heavy atom. The third-order valence-corrected chi connectivity index (χ3v) is 5.37. The van der Waals surface area contributed by atoms with Gasteiger partial charge in [-0.3, -0.25) is 14.2 Å². The molecule has 0 fully saturated rings. The van der Waals surface area contributed by atoms with Gasteiger partial charge in [-0.2, -0.15) is 13.2 Å². The minimum Gasteiger partial charge on any atom is -0.458 e. The van der Waals surface area contributed by atoms with Crippen LogP contribution in [0.15, 0.2) is 36.4 Å². The van der Waals surface area contributed by atoms with E-state index in [2.05, 4.69) is 10.3 Å². The van der Waals surface area contributed by atoms with Gasteiger partial charge in [0.05, 0.1) is 27.2 Å². The number of hydrogen-bond donors (Lipinski definition) is 1. The number of imidazole rings is 1. The van der Waals surface area contributed by atoms with Crippen LogP contribution in [0.4, 0.5) is 13.2 Å². The molecule has 1 atom stereocenters. The lowest BCUT2D eigenvalue weighted by atomic mass is 10.0. The number of benzene rings is 2. The van der Waals surface area contributed by atoms with E-state index in [1.54, 1.807) is 49.6 Å². The summed E-state index contributed by atoms with van der Waals surface area (Å²) in [5.74, 6) is -0.413. The number of alkyl halides is 3. The van der Waals surface area contributed by atoms with Crippen molar-refractivity contribution in [3.05, 3.63) is 58.4 Å². The van der Waals surface area contributed by atoms with Crippen molar-refractivity contribution < 1.29 is 27.5 Å². The van der Waals surface area contributed by atoms with Gasteiger partial charge in [0.1, 0.15) is 11.9 Å². The van der Waals surface area contributed by atoms with Crippen LogP contribution >= 0.6 is 11.6 Å². The average Bonchev–Trinajstić information content (AvgIpc) is 3.04. The van der Waals surface area contributed by atoms with E-state index in [-0.39, 0.29) is 11.4 Å². The maximum Gasteiger partial charge on any atom is 0.417 e. The fourth-order valence-corrected chi connectivity index (χ4v) is 3.97. The van der Waals surface area contributed by atoms with Gasteiger partial charge in [-0.15, -0.1) is 0 Å². The summed E-state index contributed by atoms with van der Waals surface area (Å²) in [6, 6.07) is 9.07. The molecule has 0 radical (unpaired) electrons. The smallest absolute Gasteiger partial charge is 0.417 e. The first-order chi connectivity index (χ1) is 15.2. The Morgan fingerprint density at radius 3 is 2.24 bits per heavy atom. The number of rotatable bonds is 5. The molecule has 6 nitrogen and oxygen atoms in total. The van der Waals surface area contributed by atoms with E-state index in [4.69, 9.17) is 16.3 Å². The maximum absolute atomic E-state index is 13.4. The van der Waals surface area contributed by atoms with E-state index >= 15 is 0 Å². The number of aromatic nitrogens is 2. The van der Waals surface area contributed by atoms with E-state index in [0.717, 1.165) is 11.6 Å². The molecule has 0 spiro atoms. The lowest BCUT2D eigenvalue weighted by Crippen LogP contribution is -2.41. The number of fused-ring (bicyclic) bond motifs is 1. The van der Waals surface area contributed by atoms with Crippen LogP contribution in [-0.2, 0) is 26.0 Å². The second-order valence-corrected chi connectivity index (χ2v) is 8.65. The fourth-order valence-electron chi connectivity index (χ4n) is 3.70. The second kappa shape index (κ2) is 8.70. The lowest BCUT2D eigenvalue weighted by molar-refractivity contribution is -0.145. The van der Waals surface area contributed by atoms with Crippen LogP contribution in [0.3, 0.4) is 0 Å². The Hall–Kier alpha value is -3.07. The second-order valence-electron chi connectivity index (χ2n) is 8.24. The van der Waals surface area contributed by atoms with Crippen LogP contribution < -0.4 is 5.32 Å². The molecule has 0 aliphatic rings. The van der Waals surface area contributed by atoms with E-state index in [0.29, 0.717) is 17.0 Å². The zero-order valence-corrected chi connectivity index (χ0v) is 19.4. The molecule has 1 aromatic heterocycles.